The van der Waals surface area contributed by atoms with Crippen molar-refractivity contribution in [3.05, 3.63) is 101 Å². The molecule has 0 bridgehead atoms. The maximum absolute atomic E-state index is 14.0. The minimum Gasteiger partial charge on any atom is -0.479 e. The third-order valence-corrected chi connectivity index (χ3v) is 6.83. The molecule has 226 valence electrons. The van der Waals surface area contributed by atoms with Crippen LogP contribution in [0.25, 0.3) is 5.57 Å². The Kier molecular flexibility index (Phi) is 9.79. The van der Waals surface area contributed by atoms with Crippen LogP contribution in [0.3, 0.4) is 0 Å². The highest BCUT2D eigenvalue weighted by molar-refractivity contribution is 6.02. The van der Waals surface area contributed by atoms with Crippen molar-refractivity contribution in [2.24, 2.45) is 0 Å². The number of amides is 3. The first-order valence-electron chi connectivity index (χ1n) is 13.4. The molecule has 0 radical (unpaired) electrons. The van der Waals surface area contributed by atoms with Crippen LogP contribution in [0, 0.1) is 5.82 Å². The third kappa shape index (κ3) is 8.40. The lowest BCUT2D eigenvalue weighted by molar-refractivity contribution is -0.142. The van der Waals surface area contributed by atoms with Crippen molar-refractivity contribution in [3.63, 3.8) is 0 Å². The number of carbonyl (C=O) groups excluding carboxylic acids is 2. The lowest BCUT2D eigenvalue weighted by Crippen LogP contribution is -2.35. The lowest BCUT2D eigenvalue weighted by Gasteiger charge is -2.24. The fourth-order valence-corrected chi connectivity index (χ4v) is 4.57. The first-order valence-corrected chi connectivity index (χ1v) is 13.4. The lowest BCUT2D eigenvalue weighted by atomic mass is 9.93. The van der Waals surface area contributed by atoms with E-state index in [1.807, 2.05) is 12.1 Å². The number of benzene rings is 3. The summed E-state index contributed by atoms with van der Waals surface area (Å²) < 4.78 is 67.0. The van der Waals surface area contributed by atoms with Gasteiger partial charge in [0.2, 0.25) is 6.17 Å². The zero-order chi connectivity index (χ0) is 31.1. The number of carboxylic acids is 1. The zero-order valence-corrected chi connectivity index (χ0v) is 22.8. The highest BCUT2D eigenvalue weighted by atomic mass is 19.4. The van der Waals surface area contributed by atoms with Crippen molar-refractivity contribution in [1.29, 1.82) is 0 Å². The average molecular weight is 602 g/mol. The maximum Gasteiger partial charge on any atom is 0.416 e. The Morgan fingerprint density at radius 1 is 0.953 bits per heavy atom. The summed E-state index contributed by atoms with van der Waals surface area (Å²) >= 11 is 0. The van der Waals surface area contributed by atoms with Gasteiger partial charge in [-0.15, -0.1) is 0 Å². The van der Waals surface area contributed by atoms with E-state index in [0.717, 1.165) is 37.3 Å². The van der Waals surface area contributed by atoms with E-state index in [1.165, 1.54) is 34.7 Å². The molecule has 0 fully saturated rings. The summed E-state index contributed by atoms with van der Waals surface area (Å²) in [5.41, 5.74) is 1.58. The van der Waals surface area contributed by atoms with Gasteiger partial charge >= 0.3 is 18.2 Å². The number of nitrogens with zero attached hydrogens (tertiary/aromatic N) is 1. The molecule has 4 rings (SSSR count). The first-order chi connectivity index (χ1) is 20.4. The van der Waals surface area contributed by atoms with E-state index >= 15 is 0 Å². The van der Waals surface area contributed by atoms with Gasteiger partial charge < -0.3 is 15.7 Å². The standard InChI is InChI=1S/C31H28F5N3O4/c32-24-14-23(31(34,35)36)15-25(16-24)38-30(43)39(26-12-10-21(11-13-26)20-4-2-1-3-5-20)18-19-6-8-22(9-7-19)28(40)37-17-27(33)29(41)42/h4,6-16,27H,1-3,5,17-18H2,(H,37,40)(H,38,43)(H,41,42). The minimum absolute atomic E-state index is 0.0806. The van der Waals surface area contributed by atoms with Crippen molar-refractivity contribution < 1.29 is 41.4 Å². The van der Waals surface area contributed by atoms with Gasteiger partial charge in [0, 0.05) is 16.9 Å². The van der Waals surface area contributed by atoms with E-state index in [2.05, 4.69) is 16.7 Å². The Labute approximate surface area is 244 Å². The first kappa shape index (κ1) is 31.2. The van der Waals surface area contributed by atoms with Gasteiger partial charge in [-0.25, -0.2) is 18.4 Å². The SMILES string of the molecule is O=C(NCC(F)C(=O)O)c1ccc(CN(C(=O)Nc2cc(F)cc(C(F)(F)F)c2)c2ccc(C3=CCCCC3)cc2)cc1. The number of hydrogen-bond donors (Lipinski definition) is 3. The van der Waals surface area contributed by atoms with Gasteiger partial charge in [-0.1, -0.05) is 30.3 Å². The molecule has 1 aliphatic carbocycles. The van der Waals surface area contributed by atoms with Gasteiger partial charge in [-0.05, 0) is 84.8 Å². The van der Waals surface area contributed by atoms with E-state index in [1.54, 1.807) is 12.1 Å². The number of nitrogens with one attached hydrogen (secondary N) is 2. The van der Waals surface area contributed by atoms with E-state index in [4.69, 9.17) is 5.11 Å². The summed E-state index contributed by atoms with van der Waals surface area (Å²) in [6, 6.07) is 13.9. The molecule has 1 atom stereocenters. The van der Waals surface area contributed by atoms with E-state index in [-0.39, 0.29) is 17.8 Å². The number of urea groups is 1. The number of hydrogen-bond acceptors (Lipinski definition) is 3. The second-order valence-corrected chi connectivity index (χ2v) is 9.98. The van der Waals surface area contributed by atoms with Crippen LogP contribution < -0.4 is 15.5 Å². The van der Waals surface area contributed by atoms with Crippen LogP contribution in [-0.2, 0) is 17.5 Å². The normalized spacial score (nSPS) is 13.9. The average Bonchev–Trinajstić information content (AvgIpc) is 2.98. The number of carboxylic acid groups (broad SMARTS) is 1. The molecule has 0 spiro atoms. The molecule has 3 N–H and O–H groups in total. The molecular formula is C31H28F5N3O4. The molecule has 43 heavy (non-hydrogen) atoms. The summed E-state index contributed by atoms with van der Waals surface area (Å²) in [7, 11) is 0. The number of allylic oxidation sites excluding steroid dienone is 2. The van der Waals surface area contributed by atoms with Crippen molar-refractivity contribution in [3.8, 4) is 0 Å². The highest BCUT2D eigenvalue weighted by Crippen LogP contribution is 2.32. The zero-order valence-electron chi connectivity index (χ0n) is 22.8. The van der Waals surface area contributed by atoms with E-state index < -0.39 is 48.2 Å². The van der Waals surface area contributed by atoms with E-state index in [0.29, 0.717) is 23.4 Å². The Morgan fingerprint density at radius 3 is 2.26 bits per heavy atom. The fraction of sp³-hybridized carbons (Fsp3) is 0.258. The van der Waals surface area contributed by atoms with Crippen molar-refractivity contribution in [2.75, 3.05) is 16.8 Å². The Balaban J connectivity index is 1.57. The van der Waals surface area contributed by atoms with E-state index in [9.17, 15) is 36.3 Å². The third-order valence-electron chi connectivity index (χ3n) is 6.83. The van der Waals surface area contributed by atoms with Crippen LogP contribution in [0.15, 0.2) is 72.8 Å². The molecule has 3 aromatic rings. The fourth-order valence-electron chi connectivity index (χ4n) is 4.57. The van der Waals surface area contributed by atoms with Crippen molar-refractivity contribution in [1.82, 2.24) is 5.32 Å². The molecule has 0 aromatic heterocycles. The molecule has 3 aromatic carbocycles. The molecule has 12 heteroatoms. The summed E-state index contributed by atoms with van der Waals surface area (Å²) in [4.78, 5) is 37.6. The second kappa shape index (κ2) is 13.5. The number of aliphatic carboxylic acids is 1. The molecule has 1 aliphatic rings. The van der Waals surface area contributed by atoms with Crippen LogP contribution in [-0.4, -0.2) is 35.7 Å². The van der Waals surface area contributed by atoms with Crippen LogP contribution in [0.2, 0.25) is 0 Å². The molecule has 3 amide bonds. The smallest absolute Gasteiger partial charge is 0.416 e. The van der Waals surface area contributed by atoms with Crippen molar-refractivity contribution >= 4 is 34.9 Å². The highest BCUT2D eigenvalue weighted by Gasteiger charge is 2.32. The Hall–Kier alpha value is -4.74. The Bertz CT molecular complexity index is 1510. The van der Waals surface area contributed by atoms with Gasteiger partial charge in [-0.3, -0.25) is 9.69 Å². The molecule has 0 aliphatic heterocycles. The van der Waals surface area contributed by atoms with Gasteiger partial charge in [0.05, 0.1) is 18.7 Å². The summed E-state index contributed by atoms with van der Waals surface area (Å²) in [5.74, 6) is -3.58. The monoisotopic (exact) mass is 601 g/mol. The van der Waals surface area contributed by atoms with Gasteiger partial charge in [0.15, 0.2) is 0 Å². The minimum atomic E-state index is -4.82. The van der Waals surface area contributed by atoms with Crippen LogP contribution in [0.1, 0.15) is 52.7 Å². The van der Waals surface area contributed by atoms with Crippen LogP contribution >= 0.6 is 0 Å². The maximum atomic E-state index is 14.0. The molecule has 0 saturated heterocycles. The number of anilines is 2. The molecule has 1 unspecified atom stereocenters. The molecule has 0 heterocycles. The van der Waals surface area contributed by atoms with Crippen LogP contribution in [0.5, 0.6) is 0 Å². The largest absolute Gasteiger partial charge is 0.479 e. The number of carbonyl (C=O) groups is 3. The summed E-state index contributed by atoms with van der Waals surface area (Å²) in [5, 5.41) is 13.2. The Morgan fingerprint density at radius 2 is 1.65 bits per heavy atom. The number of rotatable bonds is 9. The van der Waals surface area contributed by atoms with Gasteiger partial charge in [-0.2, -0.15) is 13.2 Å². The second-order valence-electron chi connectivity index (χ2n) is 9.98. The topological polar surface area (TPSA) is 98.7 Å². The quantitative estimate of drug-likeness (QED) is 0.226. The van der Waals surface area contributed by atoms with Crippen molar-refractivity contribution in [2.45, 2.75) is 44.6 Å². The summed E-state index contributed by atoms with van der Waals surface area (Å²) in [6.07, 6.45) is -0.840. The predicted octanol–water partition coefficient (Wildman–Crippen LogP) is 7.19. The summed E-state index contributed by atoms with van der Waals surface area (Å²) in [6.45, 7) is -0.796. The molecule has 7 nitrogen and oxygen atoms in total. The molecule has 0 saturated carbocycles. The van der Waals surface area contributed by atoms with Gasteiger partial charge in [0.25, 0.3) is 5.91 Å². The van der Waals surface area contributed by atoms with Crippen LogP contribution in [0.4, 0.5) is 38.1 Å². The number of alkyl halides is 4. The molecular weight excluding hydrogens is 573 g/mol. The van der Waals surface area contributed by atoms with Gasteiger partial charge in [0.1, 0.15) is 5.82 Å². The predicted molar refractivity (Wildman–Crippen MR) is 151 cm³/mol. The number of halogens is 5.